The number of nitrogens with zero attached hydrogens (tertiary/aromatic N) is 3. The minimum atomic E-state index is -0.0421. The highest BCUT2D eigenvalue weighted by Gasteiger charge is 2.09. The highest BCUT2D eigenvalue weighted by molar-refractivity contribution is 5.92. The predicted octanol–water partition coefficient (Wildman–Crippen LogP) is 1.59. The molecule has 0 bridgehead atoms. The number of pyridine rings is 1. The first-order valence-electron chi connectivity index (χ1n) is 6.65. The number of rotatable bonds is 6. The number of carbonyl (C=O) groups excluding carboxylic acids is 1. The Morgan fingerprint density at radius 3 is 2.90 bits per heavy atom. The summed E-state index contributed by atoms with van der Waals surface area (Å²) < 4.78 is 1.63. The van der Waals surface area contributed by atoms with E-state index in [0.29, 0.717) is 30.5 Å². The van der Waals surface area contributed by atoms with Crippen LogP contribution in [0, 0.1) is 0 Å². The van der Waals surface area contributed by atoms with Gasteiger partial charge in [0.1, 0.15) is 0 Å². The van der Waals surface area contributed by atoms with E-state index < -0.39 is 0 Å². The van der Waals surface area contributed by atoms with Crippen molar-refractivity contribution in [1.82, 2.24) is 20.1 Å². The summed E-state index contributed by atoms with van der Waals surface area (Å²) in [4.78, 5) is 16.2. The maximum absolute atomic E-state index is 11.9. The number of aromatic nitrogens is 3. The van der Waals surface area contributed by atoms with Crippen LogP contribution in [0.15, 0.2) is 36.8 Å². The van der Waals surface area contributed by atoms with Gasteiger partial charge in [-0.15, -0.1) is 0 Å². The van der Waals surface area contributed by atoms with Crippen LogP contribution in [0.3, 0.4) is 0 Å². The number of hydrogen-bond donors (Lipinski definition) is 2. The van der Waals surface area contributed by atoms with Crippen LogP contribution in [0.25, 0.3) is 5.82 Å². The Bertz CT molecular complexity index is 550. The summed E-state index contributed by atoms with van der Waals surface area (Å²) in [5.74, 6) is 0.572. The molecule has 1 amide bonds. The van der Waals surface area contributed by atoms with Crippen molar-refractivity contribution in [2.45, 2.75) is 26.3 Å². The quantitative estimate of drug-likeness (QED) is 0.838. The van der Waals surface area contributed by atoms with E-state index in [4.69, 9.17) is 0 Å². The van der Waals surface area contributed by atoms with E-state index in [1.807, 2.05) is 12.1 Å². The molecule has 6 nitrogen and oxygen atoms in total. The predicted molar refractivity (Wildman–Crippen MR) is 77.7 cm³/mol. The van der Waals surface area contributed by atoms with Gasteiger partial charge in [0.15, 0.2) is 5.82 Å². The molecular formula is C14H19N5O. The molecular weight excluding hydrogens is 254 g/mol. The molecule has 2 aromatic heterocycles. The van der Waals surface area contributed by atoms with Crippen LogP contribution >= 0.6 is 0 Å². The molecule has 2 rings (SSSR count). The molecule has 0 saturated heterocycles. The van der Waals surface area contributed by atoms with Crippen molar-refractivity contribution in [3.63, 3.8) is 0 Å². The Balaban J connectivity index is 2.01. The molecule has 0 saturated carbocycles. The van der Waals surface area contributed by atoms with Crippen molar-refractivity contribution in [1.29, 1.82) is 0 Å². The van der Waals surface area contributed by atoms with Gasteiger partial charge in [-0.05, 0) is 18.2 Å². The lowest BCUT2D eigenvalue weighted by Crippen LogP contribution is -2.27. The fourth-order valence-corrected chi connectivity index (χ4v) is 1.76. The van der Waals surface area contributed by atoms with Gasteiger partial charge in [-0.2, -0.15) is 5.10 Å². The summed E-state index contributed by atoms with van der Waals surface area (Å²) in [6.07, 6.45) is 5.56. The van der Waals surface area contributed by atoms with E-state index in [-0.39, 0.29) is 5.91 Å². The van der Waals surface area contributed by atoms with E-state index in [0.717, 1.165) is 0 Å². The molecule has 0 unspecified atom stereocenters. The minimum absolute atomic E-state index is 0.0421. The first kappa shape index (κ1) is 14.2. The highest BCUT2D eigenvalue weighted by Crippen LogP contribution is 2.16. The monoisotopic (exact) mass is 273 g/mol. The summed E-state index contributed by atoms with van der Waals surface area (Å²) in [6, 6.07) is 5.79. The van der Waals surface area contributed by atoms with Gasteiger partial charge in [-0.3, -0.25) is 4.79 Å². The zero-order valence-electron chi connectivity index (χ0n) is 11.7. The standard InChI is InChI=1S/C14H19N5O/c1-11(2)15-9-6-13(20)18-12-5-3-7-16-14(12)19-10-4-8-17-19/h3-5,7-8,10-11,15H,6,9H2,1-2H3,(H,18,20). The van der Waals surface area contributed by atoms with Crippen molar-refractivity contribution in [2.24, 2.45) is 0 Å². The third-order valence-corrected chi connectivity index (χ3v) is 2.69. The average Bonchev–Trinajstić information content (AvgIpc) is 2.92. The van der Waals surface area contributed by atoms with Gasteiger partial charge < -0.3 is 10.6 Å². The summed E-state index contributed by atoms with van der Waals surface area (Å²) in [7, 11) is 0. The average molecular weight is 273 g/mol. The molecule has 0 radical (unpaired) electrons. The molecule has 0 aromatic carbocycles. The number of hydrogen-bond acceptors (Lipinski definition) is 4. The van der Waals surface area contributed by atoms with E-state index in [1.54, 1.807) is 29.3 Å². The molecule has 0 aliphatic carbocycles. The lowest BCUT2D eigenvalue weighted by atomic mass is 10.3. The van der Waals surface area contributed by atoms with Crippen LogP contribution in [-0.4, -0.2) is 33.3 Å². The molecule has 2 N–H and O–H groups in total. The van der Waals surface area contributed by atoms with Crippen LogP contribution in [0.2, 0.25) is 0 Å². The Hall–Kier alpha value is -2.21. The zero-order chi connectivity index (χ0) is 14.4. The summed E-state index contributed by atoms with van der Waals surface area (Å²) in [5, 5.41) is 10.2. The van der Waals surface area contributed by atoms with Crippen molar-refractivity contribution in [2.75, 3.05) is 11.9 Å². The van der Waals surface area contributed by atoms with Crippen molar-refractivity contribution in [3.8, 4) is 5.82 Å². The van der Waals surface area contributed by atoms with Crippen molar-refractivity contribution < 1.29 is 4.79 Å². The number of nitrogens with one attached hydrogen (secondary N) is 2. The largest absolute Gasteiger partial charge is 0.323 e. The van der Waals surface area contributed by atoms with Crippen LogP contribution in [0.1, 0.15) is 20.3 Å². The highest BCUT2D eigenvalue weighted by atomic mass is 16.1. The van der Waals surface area contributed by atoms with Gasteiger partial charge in [-0.25, -0.2) is 9.67 Å². The van der Waals surface area contributed by atoms with Gasteiger partial charge in [0.25, 0.3) is 0 Å². The molecule has 106 valence electrons. The minimum Gasteiger partial charge on any atom is -0.323 e. The van der Waals surface area contributed by atoms with Gasteiger partial charge in [0.2, 0.25) is 5.91 Å². The molecule has 0 fully saturated rings. The van der Waals surface area contributed by atoms with Crippen LogP contribution in [0.5, 0.6) is 0 Å². The maximum atomic E-state index is 11.9. The second-order valence-corrected chi connectivity index (χ2v) is 4.73. The summed E-state index contributed by atoms with van der Waals surface area (Å²) >= 11 is 0. The molecule has 2 aromatic rings. The van der Waals surface area contributed by atoms with Gasteiger partial charge >= 0.3 is 0 Å². The number of anilines is 1. The third-order valence-electron chi connectivity index (χ3n) is 2.69. The van der Waals surface area contributed by atoms with E-state index in [9.17, 15) is 4.79 Å². The second-order valence-electron chi connectivity index (χ2n) is 4.73. The Kier molecular flexibility index (Phi) is 4.84. The molecule has 0 aliphatic rings. The fraction of sp³-hybridized carbons (Fsp3) is 0.357. The van der Waals surface area contributed by atoms with Crippen molar-refractivity contribution in [3.05, 3.63) is 36.8 Å². The molecule has 0 aliphatic heterocycles. The number of carbonyl (C=O) groups is 1. The van der Waals surface area contributed by atoms with E-state index in [1.165, 1.54) is 0 Å². The van der Waals surface area contributed by atoms with Crippen LogP contribution < -0.4 is 10.6 Å². The van der Waals surface area contributed by atoms with Gasteiger partial charge in [0, 0.05) is 37.6 Å². The molecule has 20 heavy (non-hydrogen) atoms. The molecule has 2 heterocycles. The Labute approximate surface area is 118 Å². The van der Waals surface area contributed by atoms with E-state index >= 15 is 0 Å². The lowest BCUT2D eigenvalue weighted by molar-refractivity contribution is -0.116. The zero-order valence-corrected chi connectivity index (χ0v) is 11.7. The lowest BCUT2D eigenvalue weighted by Gasteiger charge is -2.11. The Morgan fingerprint density at radius 2 is 2.20 bits per heavy atom. The summed E-state index contributed by atoms with van der Waals surface area (Å²) in [6.45, 7) is 4.75. The normalized spacial score (nSPS) is 10.8. The van der Waals surface area contributed by atoms with Gasteiger partial charge in [-0.1, -0.05) is 13.8 Å². The van der Waals surface area contributed by atoms with Crippen molar-refractivity contribution >= 4 is 11.6 Å². The Morgan fingerprint density at radius 1 is 1.35 bits per heavy atom. The molecule has 0 atom stereocenters. The SMILES string of the molecule is CC(C)NCCC(=O)Nc1cccnc1-n1cccn1. The van der Waals surface area contributed by atoms with E-state index in [2.05, 4.69) is 34.6 Å². The van der Waals surface area contributed by atoms with Crippen LogP contribution in [-0.2, 0) is 4.79 Å². The maximum Gasteiger partial charge on any atom is 0.225 e. The molecule has 6 heteroatoms. The topological polar surface area (TPSA) is 71.8 Å². The van der Waals surface area contributed by atoms with Crippen LogP contribution in [0.4, 0.5) is 5.69 Å². The smallest absolute Gasteiger partial charge is 0.225 e. The first-order chi connectivity index (χ1) is 9.66. The third kappa shape index (κ3) is 3.89. The fourth-order valence-electron chi connectivity index (χ4n) is 1.76. The first-order valence-corrected chi connectivity index (χ1v) is 6.65. The second kappa shape index (κ2) is 6.81. The van der Waals surface area contributed by atoms with Gasteiger partial charge in [0.05, 0.1) is 5.69 Å². The summed E-state index contributed by atoms with van der Waals surface area (Å²) in [5.41, 5.74) is 0.658. The number of amides is 1. The molecule has 0 spiro atoms.